The second-order valence-electron chi connectivity index (χ2n) is 4.72. The highest BCUT2D eigenvalue weighted by Gasteiger charge is 2.28. The summed E-state index contributed by atoms with van der Waals surface area (Å²) in [4.78, 5) is 16.2. The Balaban J connectivity index is 1.97. The number of carbonyl (C=O) groups is 1. The number of thioether (sulfide) groups is 1. The van der Waals surface area contributed by atoms with Crippen LogP contribution in [0.15, 0.2) is 29.3 Å². The lowest BCUT2D eigenvalue weighted by Crippen LogP contribution is -2.09. The zero-order valence-electron chi connectivity index (χ0n) is 11.4. The van der Waals surface area contributed by atoms with E-state index in [0.29, 0.717) is 6.61 Å². The molecule has 0 saturated carbocycles. The van der Waals surface area contributed by atoms with Gasteiger partial charge in [-0.3, -0.25) is 4.79 Å². The zero-order valence-corrected chi connectivity index (χ0v) is 12.2. The molecule has 4 nitrogen and oxygen atoms in total. The first-order chi connectivity index (χ1) is 9.67. The molecule has 0 N–H and O–H groups in total. The third-order valence-corrected chi connectivity index (χ3v) is 4.51. The van der Waals surface area contributed by atoms with E-state index in [9.17, 15) is 4.79 Å². The Bertz CT molecular complexity index is 671. The summed E-state index contributed by atoms with van der Waals surface area (Å²) < 4.78 is 10.2. The van der Waals surface area contributed by atoms with Gasteiger partial charge in [-0.05, 0) is 30.7 Å². The van der Waals surface area contributed by atoms with Crippen molar-refractivity contribution < 1.29 is 14.3 Å². The van der Waals surface area contributed by atoms with Crippen LogP contribution in [0.5, 0.6) is 5.75 Å². The molecule has 0 aliphatic carbocycles. The molecule has 1 atom stereocenters. The van der Waals surface area contributed by atoms with Gasteiger partial charge in [-0.15, -0.1) is 0 Å². The van der Waals surface area contributed by atoms with Gasteiger partial charge in [0, 0.05) is 17.9 Å². The number of benzene rings is 1. The summed E-state index contributed by atoms with van der Waals surface area (Å²) in [5.74, 6) is 0.645. The summed E-state index contributed by atoms with van der Waals surface area (Å²) >= 11 is 1.48. The number of pyridine rings is 1. The lowest BCUT2D eigenvalue weighted by atomic mass is 10.1. The average Bonchev–Trinajstić information content (AvgIpc) is 2.83. The van der Waals surface area contributed by atoms with Crippen molar-refractivity contribution in [2.75, 3.05) is 13.7 Å². The number of aryl methyl sites for hydroxylation is 1. The summed E-state index contributed by atoms with van der Waals surface area (Å²) in [5.41, 5.74) is 2.03. The standard InChI is InChI=1S/C15H15NO3S/c1-9-7-14(20-13-5-6-19-15(13)17)16-12-8-10(18-2)3-4-11(9)12/h3-4,7-8,13H,5-6H2,1-2H3/t13-/m0/s1. The minimum Gasteiger partial charge on any atom is -0.497 e. The van der Waals surface area contributed by atoms with Crippen LogP contribution in [0.2, 0.25) is 0 Å². The smallest absolute Gasteiger partial charge is 0.319 e. The van der Waals surface area contributed by atoms with Gasteiger partial charge in [0.15, 0.2) is 0 Å². The molecule has 20 heavy (non-hydrogen) atoms. The molecule has 1 fully saturated rings. The largest absolute Gasteiger partial charge is 0.497 e. The molecule has 0 spiro atoms. The van der Waals surface area contributed by atoms with Crippen LogP contribution in [0.4, 0.5) is 0 Å². The van der Waals surface area contributed by atoms with Crippen LogP contribution in [0, 0.1) is 6.92 Å². The topological polar surface area (TPSA) is 48.4 Å². The maximum absolute atomic E-state index is 11.5. The molecule has 1 saturated heterocycles. The van der Waals surface area contributed by atoms with Crippen molar-refractivity contribution >= 4 is 28.6 Å². The molecule has 3 rings (SSSR count). The van der Waals surface area contributed by atoms with E-state index in [0.717, 1.165) is 33.7 Å². The fourth-order valence-corrected chi connectivity index (χ4v) is 3.33. The predicted octanol–water partition coefficient (Wildman–Crippen LogP) is 2.96. The van der Waals surface area contributed by atoms with Crippen molar-refractivity contribution in [2.45, 2.75) is 23.6 Å². The molecular weight excluding hydrogens is 274 g/mol. The number of carbonyl (C=O) groups excluding carboxylic acids is 1. The highest BCUT2D eigenvalue weighted by atomic mass is 32.2. The van der Waals surface area contributed by atoms with Crippen LogP contribution >= 0.6 is 11.8 Å². The van der Waals surface area contributed by atoms with E-state index in [1.807, 2.05) is 31.2 Å². The van der Waals surface area contributed by atoms with Gasteiger partial charge in [-0.1, -0.05) is 11.8 Å². The molecule has 0 radical (unpaired) electrons. The van der Waals surface area contributed by atoms with Gasteiger partial charge in [-0.2, -0.15) is 0 Å². The second kappa shape index (κ2) is 5.32. The quantitative estimate of drug-likeness (QED) is 0.813. The van der Waals surface area contributed by atoms with Crippen LogP contribution in [0.25, 0.3) is 10.9 Å². The van der Waals surface area contributed by atoms with E-state index >= 15 is 0 Å². The Hall–Kier alpha value is -1.75. The number of hydrogen-bond acceptors (Lipinski definition) is 5. The molecule has 0 unspecified atom stereocenters. The average molecular weight is 289 g/mol. The summed E-state index contributed by atoms with van der Waals surface area (Å²) in [7, 11) is 1.64. The summed E-state index contributed by atoms with van der Waals surface area (Å²) in [5, 5.41) is 1.82. The number of aromatic nitrogens is 1. The Labute approximate surface area is 121 Å². The van der Waals surface area contributed by atoms with Gasteiger partial charge in [0.1, 0.15) is 11.0 Å². The van der Waals surface area contributed by atoms with Crippen molar-refractivity contribution in [1.29, 1.82) is 0 Å². The van der Waals surface area contributed by atoms with Crippen molar-refractivity contribution in [2.24, 2.45) is 0 Å². The van der Waals surface area contributed by atoms with E-state index in [4.69, 9.17) is 9.47 Å². The molecule has 0 amide bonds. The maximum Gasteiger partial charge on any atom is 0.319 e. The number of fused-ring (bicyclic) bond motifs is 1. The SMILES string of the molecule is COc1ccc2c(C)cc(S[C@H]3CCOC3=O)nc2c1. The van der Waals surface area contributed by atoms with Gasteiger partial charge in [-0.25, -0.2) is 4.98 Å². The summed E-state index contributed by atoms with van der Waals surface area (Å²) in [6.07, 6.45) is 0.750. The van der Waals surface area contributed by atoms with E-state index in [-0.39, 0.29) is 11.2 Å². The molecule has 1 aliphatic heterocycles. The maximum atomic E-state index is 11.5. The molecule has 1 aliphatic rings. The minimum atomic E-state index is -0.139. The van der Waals surface area contributed by atoms with Crippen LogP contribution < -0.4 is 4.74 Å². The first-order valence-electron chi connectivity index (χ1n) is 6.46. The summed E-state index contributed by atoms with van der Waals surface area (Å²) in [6.45, 7) is 2.56. The Morgan fingerprint density at radius 1 is 1.40 bits per heavy atom. The second-order valence-corrected chi connectivity index (χ2v) is 5.95. The van der Waals surface area contributed by atoms with Gasteiger partial charge in [0.25, 0.3) is 0 Å². The number of hydrogen-bond donors (Lipinski definition) is 0. The number of nitrogens with zero attached hydrogens (tertiary/aromatic N) is 1. The van der Waals surface area contributed by atoms with Crippen molar-refractivity contribution in [3.8, 4) is 5.75 Å². The first kappa shape index (κ1) is 13.2. The summed E-state index contributed by atoms with van der Waals surface area (Å²) in [6, 6.07) is 7.87. The van der Waals surface area contributed by atoms with Crippen molar-refractivity contribution in [1.82, 2.24) is 4.98 Å². The van der Waals surface area contributed by atoms with E-state index < -0.39 is 0 Å². The Morgan fingerprint density at radius 2 is 2.25 bits per heavy atom. The van der Waals surface area contributed by atoms with Crippen LogP contribution in [-0.2, 0) is 9.53 Å². The van der Waals surface area contributed by atoms with Crippen LogP contribution in [0.3, 0.4) is 0 Å². The van der Waals surface area contributed by atoms with Gasteiger partial charge < -0.3 is 9.47 Å². The number of methoxy groups -OCH3 is 1. The van der Waals surface area contributed by atoms with Gasteiger partial charge >= 0.3 is 5.97 Å². The predicted molar refractivity (Wildman–Crippen MR) is 78.3 cm³/mol. The lowest BCUT2D eigenvalue weighted by Gasteiger charge is -2.09. The van der Waals surface area contributed by atoms with E-state index in [1.165, 1.54) is 11.8 Å². The van der Waals surface area contributed by atoms with Gasteiger partial charge in [0.2, 0.25) is 0 Å². The molecule has 2 aromatic rings. The molecule has 0 bridgehead atoms. The highest BCUT2D eigenvalue weighted by Crippen LogP contribution is 2.31. The molecule has 5 heteroatoms. The molecule has 1 aromatic carbocycles. The van der Waals surface area contributed by atoms with E-state index in [2.05, 4.69) is 4.98 Å². The fourth-order valence-electron chi connectivity index (χ4n) is 2.27. The number of rotatable bonds is 3. The van der Waals surface area contributed by atoms with Gasteiger partial charge in [0.05, 0.1) is 24.3 Å². The monoisotopic (exact) mass is 289 g/mol. The van der Waals surface area contributed by atoms with Crippen molar-refractivity contribution in [3.05, 3.63) is 29.8 Å². The first-order valence-corrected chi connectivity index (χ1v) is 7.34. The minimum absolute atomic E-state index is 0.134. The third kappa shape index (κ3) is 2.45. The fraction of sp³-hybridized carbons (Fsp3) is 0.333. The van der Waals surface area contributed by atoms with E-state index in [1.54, 1.807) is 7.11 Å². The molecule has 1 aromatic heterocycles. The highest BCUT2D eigenvalue weighted by molar-refractivity contribution is 8.00. The zero-order chi connectivity index (χ0) is 14.1. The molecule has 104 valence electrons. The van der Waals surface area contributed by atoms with Crippen LogP contribution in [0.1, 0.15) is 12.0 Å². The number of esters is 1. The Kier molecular flexibility index (Phi) is 3.53. The number of ether oxygens (including phenoxy) is 2. The normalized spacial score (nSPS) is 18.3. The van der Waals surface area contributed by atoms with Crippen molar-refractivity contribution in [3.63, 3.8) is 0 Å². The molecule has 2 heterocycles. The third-order valence-electron chi connectivity index (χ3n) is 3.35. The number of cyclic esters (lactones) is 1. The lowest BCUT2D eigenvalue weighted by molar-refractivity contribution is -0.137. The van der Waals surface area contributed by atoms with Crippen LogP contribution in [-0.4, -0.2) is 29.9 Å². The molecular formula is C15H15NO3S. The Morgan fingerprint density at radius 3 is 2.95 bits per heavy atom.